The molecule has 1 amide bonds. The topological polar surface area (TPSA) is 111 Å². The standard InChI is InChI=1S/C37H59F2NO7/c1-5-8-10-12-15-23-36(38,39)24-16-13-11-14-17-30-27-31(37(44,22-7-3)35(43)47-30)33(41)40-32(34(42)45-4)26-28-18-20-29(21-19-28)46-25-9-6-2/h18-21,30-32,44H,5-17,22-27H2,1-4H3,(H,40,41)/t30?,31-,32?,37+/m1/s1. The Labute approximate surface area is 280 Å². The minimum Gasteiger partial charge on any atom is -0.494 e. The first-order valence-electron chi connectivity index (χ1n) is 17.9. The summed E-state index contributed by atoms with van der Waals surface area (Å²) in [6.07, 6.45) is 9.37. The number of cyclic esters (lactones) is 1. The van der Waals surface area contributed by atoms with E-state index in [9.17, 15) is 28.3 Å². The molecule has 1 aromatic rings. The molecule has 1 aliphatic rings. The fourth-order valence-corrected chi connectivity index (χ4v) is 6.18. The highest BCUT2D eigenvalue weighted by molar-refractivity contribution is 5.93. The van der Waals surface area contributed by atoms with Crippen molar-refractivity contribution in [2.45, 2.75) is 160 Å². The number of esters is 2. The van der Waals surface area contributed by atoms with Crippen molar-refractivity contribution in [3.63, 3.8) is 0 Å². The molecule has 1 saturated heterocycles. The average molecular weight is 668 g/mol. The monoisotopic (exact) mass is 667 g/mol. The second-order valence-corrected chi connectivity index (χ2v) is 13.1. The van der Waals surface area contributed by atoms with Gasteiger partial charge in [-0.2, -0.15) is 0 Å². The fraction of sp³-hybridized carbons (Fsp3) is 0.757. The smallest absolute Gasteiger partial charge is 0.339 e. The van der Waals surface area contributed by atoms with Crippen LogP contribution in [-0.4, -0.2) is 60.3 Å². The SMILES string of the molecule is CCCCCCCC(F)(F)CCCCCCC1C[C@H](C(=O)NC(Cc2ccc(OCCCC)cc2)C(=O)OC)[C@@](O)(CCC)C(=O)O1. The lowest BCUT2D eigenvalue weighted by atomic mass is 9.76. The number of hydrogen-bond donors (Lipinski definition) is 2. The number of nitrogens with one attached hydrogen (secondary N) is 1. The number of ether oxygens (including phenoxy) is 3. The zero-order valence-corrected chi connectivity index (χ0v) is 29.1. The first-order chi connectivity index (χ1) is 22.5. The van der Waals surface area contributed by atoms with Crippen molar-refractivity contribution in [2.24, 2.45) is 5.92 Å². The van der Waals surface area contributed by atoms with E-state index in [1.165, 1.54) is 7.11 Å². The molecule has 0 aromatic heterocycles. The molecule has 4 atom stereocenters. The second-order valence-electron chi connectivity index (χ2n) is 13.1. The average Bonchev–Trinajstić information content (AvgIpc) is 3.04. The van der Waals surface area contributed by atoms with Gasteiger partial charge in [0, 0.05) is 19.3 Å². The first-order valence-corrected chi connectivity index (χ1v) is 17.9. The molecule has 47 heavy (non-hydrogen) atoms. The predicted octanol–water partition coefficient (Wildman–Crippen LogP) is 7.87. The molecule has 8 nitrogen and oxygen atoms in total. The lowest BCUT2D eigenvalue weighted by molar-refractivity contribution is -0.196. The van der Waals surface area contributed by atoms with E-state index in [-0.39, 0.29) is 32.1 Å². The summed E-state index contributed by atoms with van der Waals surface area (Å²) in [6.45, 7) is 6.60. The molecular formula is C37H59F2NO7. The number of amides is 1. The second kappa shape index (κ2) is 21.3. The van der Waals surface area contributed by atoms with Gasteiger partial charge in [-0.3, -0.25) is 4.79 Å². The summed E-state index contributed by atoms with van der Waals surface area (Å²) < 4.78 is 44.7. The Morgan fingerprint density at radius 3 is 2.17 bits per heavy atom. The van der Waals surface area contributed by atoms with Gasteiger partial charge in [0.25, 0.3) is 0 Å². The number of methoxy groups -OCH3 is 1. The summed E-state index contributed by atoms with van der Waals surface area (Å²) >= 11 is 0. The van der Waals surface area contributed by atoms with Crippen molar-refractivity contribution in [3.05, 3.63) is 29.8 Å². The van der Waals surface area contributed by atoms with Crippen LogP contribution in [0.1, 0.15) is 135 Å². The van der Waals surface area contributed by atoms with E-state index in [1.807, 2.05) is 24.3 Å². The number of rotatable bonds is 24. The third kappa shape index (κ3) is 14.1. The highest BCUT2D eigenvalue weighted by Gasteiger charge is 2.53. The molecule has 0 saturated carbocycles. The molecule has 2 rings (SSSR count). The van der Waals surface area contributed by atoms with E-state index in [0.717, 1.165) is 44.1 Å². The van der Waals surface area contributed by atoms with Gasteiger partial charge in [0.1, 0.15) is 17.9 Å². The molecule has 1 heterocycles. The van der Waals surface area contributed by atoms with Gasteiger partial charge in [0.15, 0.2) is 5.60 Å². The van der Waals surface area contributed by atoms with Gasteiger partial charge in [-0.25, -0.2) is 18.4 Å². The third-order valence-electron chi connectivity index (χ3n) is 9.05. The number of carbonyl (C=O) groups is 3. The van der Waals surface area contributed by atoms with Crippen LogP contribution in [-0.2, 0) is 30.3 Å². The largest absolute Gasteiger partial charge is 0.494 e. The predicted molar refractivity (Wildman–Crippen MR) is 178 cm³/mol. The Morgan fingerprint density at radius 2 is 1.57 bits per heavy atom. The van der Waals surface area contributed by atoms with E-state index in [4.69, 9.17) is 14.2 Å². The Bertz CT molecular complexity index is 1070. The Kier molecular flexibility index (Phi) is 18.3. The lowest BCUT2D eigenvalue weighted by Crippen LogP contribution is -2.59. The van der Waals surface area contributed by atoms with Gasteiger partial charge >= 0.3 is 11.9 Å². The van der Waals surface area contributed by atoms with Crippen LogP contribution in [0.4, 0.5) is 8.78 Å². The Balaban J connectivity index is 1.95. The van der Waals surface area contributed by atoms with Crippen LogP contribution in [0.3, 0.4) is 0 Å². The maximum absolute atomic E-state index is 14.2. The molecule has 0 bridgehead atoms. The summed E-state index contributed by atoms with van der Waals surface area (Å²) in [5, 5.41) is 14.1. The van der Waals surface area contributed by atoms with Crippen LogP contribution < -0.4 is 10.1 Å². The fourth-order valence-electron chi connectivity index (χ4n) is 6.18. The van der Waals surface area contributed by atoms with E-state index >= 15 is 0 Å². The highest BCUT2D eigenvalue weighted by Crippen LogP contribution is 2.36. The molecule has 2 unspecified atom stereocenters. The maximum Gasteiger partial charge on any atom is 0.339 e. The summed E-state index contributed by atoms with van der Waals surface area (Å²) in [6, 6.07) is 6.23. The van der Waals surface area contributed by atoms with Crippen molar-refractivity contribution in [1.29, 1.82) is 0 Å². The Morgan fingerprint density at radius 1 is 0.957 bits per heavy atom. The third-order valence-corrected chi connectivity index (χ3v) is 9.05. The summed E-state index contributed by atoms with van der Waals surface area (Å²) in [4.78, 5) is 39.4. The maximum atomic E-state index is 14.2. The van der Waals surface area contributed by atoms with Crippen LogP contribution in [0, 0.1) is 5.92 Å². The van der Waals surface area contributed by atoms with Crippen LogP contribution in [0.25, 0.3) is 0 Å². The van der Waals surface area contributed by atoms with E-state index in [2.05, 4.69) is 19.2 Å². The van der Waals surface area contributed by atoms with E-state index < -0.39 is 47.4 Å². The molecule has 10 heteroatoms. The molecular weight excluding hydrogens is 608 g/mol. The number of aliphatic hydroxyl groups is 1. The summed E-state index contributed by atoms with van der Waals surface area (Å²) in [7, 11) is 1.24. The molecule has 268 valence electrons. The molecule has 0 aliphatic carbocycles. The number of benzene rings is 1. The Hall–Kier alpha value is -2.75. The van der Waals surface area contributed by atoms with Crippen molar-refractivity contribution in [1.82, 2.24) is 5.32 Å². The van der Waals surface area contributed by atoms with Crippen molar-refractivity contribution >= 4 is 17.8 Å². The van der Waals surface area contributed by atoms with Gasteiger partial charge in [-0.15, -0.1) is 0 Å². The molecule has 2 N–H and O–H groups in total. The zero-order valence-electron chi connectivity index (χ0n) is 29.1. The van der Waals surface area contributed by atoms with Crippen LogP contribution in [0.5, 0.6) is 5.75 Å². The van der Waals surface area contributed by atoms with Gasteiger partial charge in [0.2, 0.25) is 11.8 Å². The number of unbranched alkanes of at least 4 members (excludes halogenated alkanes) is 8. The minimum atomic E-state index is -2.64. The summed E-state index contributed by atoms with van der Waals surface area (Å²) in [5.41, 5.74) is -1.24. The van der Waals surface area contributed by atoms with Gasteiger partial charge in [-0.05, 0) is 62.6 Å². The van der Waals surface area contributed by atoms with Gasteiger partial charge in [-0.1, -0.05) is 84.3 Å². The van der Waals surface area contributed by atoms with Gasteiger partial charge < -0.3 is 24.6 Å². The molecule has 0 spiro atoms. The molecule has 1 aromatic carbocycles. The van der Waals surface area contributed by atoms with Crippen molar-refractivity contribution < 1.29 is 42.5 Å². The number of halogens is 2. The van der Waals surface area contributed by atoms with Crippen molar-refractivity contribution in [2.75, 3.05) is 13.7 Å². The van der Waals surface area contributed by atoms with Gasteiger partial charge in [0.05, 0.1) is 19.6 Å². The quantitative estimate of drug-likeness (QED) is 0.0853. The normalized spacial score (nSPS) is 20.4. The lowest BCUT2D eigenvalue weighted by Gasteiger charge is -2.40. The minimum absolute atomic E-state index is 0.0336. The van der Waals surface area contributed by atoms with Crippen molar-refractivity contribution in [3.8, 4) is 5.75 Å². The molecule has 0 radical (unpaired) electrons. The van der Waals surface area contributed by atoms with E-state index in [1.54, 1.807) is 6.92 Å². The van der Waals surface area contributed by atoms with Crippen LogP contribution in [0.2, 0.25) is 0 Å². The first kappa shape index (κ1) is 40.4. The van der Waals surface area contributed by atoms with Crippen LogP contribution in [0.15, 0.2) is 24.3 Å². The zero-order chi connectivity index (χ0) is 34.7. The number of alkyl halides is 2. The number of carbonyl (C=O) groups excluding carboxylic acids is 3. The summed E-state index contributed by atoms with van der Waals surface area (Å²) in [5.74, 6) is -5.15. The molecule has 1 aliphatic heterocycles. The molecule has 1 fully saturated rings. The van der Waals surface area contributed by atoms with E-state index in [0.29, 0.717) is 57.3 Å². The number of hydrogen-bond acceptors (Lipinski definition) is 7. The van der Waals surface area contributed by atoms with Crippen LogP contribution >= 0.6 is 0 Å². The highest BCUT2D eigenvalue weighted by atomic mass is 19.3.